The zero-order chi connectivity index (χ0) is 19.3. The molecular weight excluding hydrogens is 366 g/mol. The van der Waals surface area contributed by atoms with Gasteiger partial charge in [-0.1, -0.05) is 18.2 Å². The molecule has 0 amide bonds. The van der Waals surface area contributed by atoms with Crippen molar-refractivity contribution in [1.29, 1.82) is 0 Å². The molecule has 1 N–H and O–H groups in total. The third-order valence-electron chi connectivity index (χ3n) is 3.77. The Kier molecular flexibility index (Phi) is 5.52. The van der Waals surface area contributed by atoms with Gasteiger partial charge in [0, 0.05) is 6.07 Å². The molecule has 27 heavy (non-hydrogen) atoms. The van der Waals surface area contributed by atoms with E-state index in [1.54, 1.807) is 30.3 Å². The SMILES string of the molecule is COc1ccc(NS(=O)(=O)c2ccc(Oc3ccccc3)cc2)c(OC)c1. The largest absolute Gasteiger partial charge is 0.497 e. The highest BCUT2D eigenvalue weighted by molar-refractivity contribution is 7.92. The number of anilines is 1. The maximum absolute atomic E-state index is 12.7. The van der Waals surface area contributed by atoms with Crippen molar-refractivity contribution in [2.45, 2.75) is 4.90 Å². The molecule has 0 unspecified atom stereocenters. The number of para-hydroxylation sites is 1. The summed E-state index contributed by atoms with van der Waals surface area (Å²) in [6, 6.07) is 20.3. The fraction of sp³-hybridized carbons (Fsp3) is 0.100. The number of rotatable bonds is 7. The normalized spacial score (nSPS) is 10.9. The first-order valence-electron chi connectivity index (χ1n) is 8.09. The second-order valence-electron chi connectivity index (χ2n) is 5.56. The van der Waals surface area contributed by atoms with Crippen LogP contribution in [0.25, 0.3) is 0 Å². The van der Waals surface area contributed by atoms with Crippen LogP contribution in [-0.2, 0) is 10.0 Å². The van der Waals surface area contributed by atoms with Gasteiger partial charge in [0.15, 0.2) is 0 Å². The minimum absolute atomic E-state index is 0.112. The van der Waals surface area contributed by atoms with E-state index in [0.29, 0.717) is 28.7 Å². The van der Waals surface area contributed by atoms with Crippen molar-refractivity contribution in [2.75, 3.05) is 18.9 Å². The van der Waals surface area contributed by atoms with Crippen LogP contribution in [0.3, 0.4) is 0 Å². The fourth-order valence-electron chi connectivity index (χ4n) is 2.40. The summed E-state index contributed by atoms with van der Waals surface area (Å²) in [6.07, 6.45) is 0. The smallest absolute Gasteiger partial charge is 0.262 e. The molecule has 0 saturated carbocycles. The lowest BCUT2D eigenvalue weighted by Gasteiger charge is -2.13. The summed E-state index contributed by atoms with van der Waals surface area (Å²) >= 11 is 0. The van der Waals surface area contributed by atoms with Crippen LogP contribution in [-0.4, -0.2) is 22.6 Å². The van der Waals surface area contributed by atoms with E-state index in [2.05, 4.69) is 4.72 Å². The molecule has 0 aliphatic heterocycles. The number of benzene rings is 3. The number of methoxy groups -OCH3 is 2. The van der Waals surface area contributed by atoms with Gasteiger partial charge in [-0.15, -0.1) is 0 Å². The predicted molar refractivity (Wildman–Crippen MR) is 103 cm³/mol. The first kappa shape index (κ1) is 18.6. The Morgan fingerprint density at radius 2 is 1.37 bits per heavy atom. The minimum Gasteiger partial charge on any atom is -0.497 e. The molecule has 3 aromatic rings. The molecular formula is C20H19NO5S. The van der Waals surface area contributed by atoms with Gasteiger partial charge >= 0.3 is 0 Å². The van der Waals surface area contributed by atoms with Gasteiger partial charge in [-0.05, 0) is 48.5 Å². The summed E-state index contributed by atoms with van der Waals surface area (Å²) in [4.78, 5) is 0.112. The van der Waals surface area contributed by atoms with Gasteiger partial charge in [-0.2, -0.15) is 0 Å². The molecule has 6 nitrogen and oxygen atoms in total. The molecule has 0 aromatic heterocycles. The number of hydrogen-bond acceptors (Lipinski definition) is 5. The van der Waals surface area contributed by atoms with E-state index in [0.717, 1.165) is 0 Å². The molecule has 140 valence electrons. The van der Waals surface area contributed by atoms with Crippen molar-refractivity contribution in [3.05, 3.63) is 72.8 Å². The fourth-order valence-corrected chi connectivity index (χ4v) is 3.47. The van der Waals surface area contributed by atoms with E-state index in [1.807, 2.05) is 30.3 Å². The molecule has 7 heteroatoms. The highest BCUT2D eigenvalue weighted by Crippen LogP contribution is 2.31. The van der Waals surface area contributed by atoms with Crippen LogP contribution in [0.2, 0.25) is 0 Å². The molecule has 0 radical (unpaired) electrons. The lowest BCUT2D eigenvalue weighted by Crippen LogP contribution is -2.13. The predicted octanol–water partition coefficient (Wildman–Crippen LogP) is 4.30. The van der Waals surface area contributed by atoms with Crippen LogP contribution in [0.15, 0.2) is 77.7 Å². The lowest BCUT2D eigenvalue weighted by atomic mass is 10.3. The van der Waals surface area contributed by atoms with Crippen LogP contribution in [0.1, 0.15) is 0 Å². The Labute approximate surface area is 158 Å². The van der Waals surface area contributed by atoms with E-state index in [4.69, 9.17) is 14.2 Å². The summed E-state index contributed by atoms with van der Waals surface area (Å²) in [6.45, 7) is 0. The van der Waals surface area contributed by atoms with Gasteiger partial charge < -0.3 is 14.2 Å². The van der Waals surface area contributed by atoms with Gasteiger partial charge in [0.2, 0.25) is 0 Å². The first-order valence-corrected chi connectivity index (χ1v) is 9.58. The molecule has 0 saturated heterocycles. The van der Waals surface area contributed by atoms with Crippen molar-refractivity contribution >= 4 is 15.7 Å². The third kappa shape index (κ3) is 4.51. The quantitative estimate of drug-likeness (QED) is 0.656. The molecule has 0 heterocycles. The zero-order valence-corrected chi connectivity index (χ0v) is 15.7. The summed E-state index contributed by atoms with van der Waals surface area (Å²) in [5, 5.41) is 0. The Morgan fingerprint density at radius 1 is 0.741 bits per heavy atom. The van der Waals surface area contributed by atoms with E-state index >= 15 is 0 Å². The maximum atomic E-state index is 12.7. The molecule has 0 aliphatic rings. The second-order valence-corrected chi connectivity index (χ2v) is 7.24. The lowest BCUT2D eigenvalue weighted by molar-refractivity contribution is 0.395. The number of nitrogens with one attached hydrogen (secondary N) is 1. The Balaban J connectivity index is 1.79. The molecule has 3 aromatic carbocycles. The van der Waals surface area contributed by atoms with Crippen LogP contribution >= 0.6 is 0 Å². The van der Waals surface area contributed by atoms with Gasteiger partial charge in [0.25, 0.3) is 10.0 Å². The summed E-state index contributed by atoms with van der Waals surface area (Å²) in [5.74, 6) is 2.15. The number of ether oxygens (including phenoxy) is 3. The van der Waals surface area contributed by atoms with Crippen LogP contribution in [0, 0.1) is 0 Å². The summed E-state index contributed by atoms with van der Waals surface area (Å²) < 4.78 is 43.9. The second kappa shape index (κ2) is 8.01. The van der Waals surface area contributed by atoms with Crippen molar-refractivity contribution in [2.24, 2.45) is 0 Å². The monoisotopic (exact) mass is 385 g/mol. The highest BCUT2D eigenvalue weighted by atomic mass is 32.2. The standard InChI is InChI=1S/C20H19NO5S/c1-24-17-10-13-19(20(14-17)25-2)21-27(22,23)18-11-8-16(9-12-18)26-15-6-4-3-5-7-15/h3-14,21H,1-2H3. The van der Waals surface area contributed by atoms with Crippen LogP contribution in [0.5, 0.6) is 23.0 Å². The molecule has 0 bridgehead atoms. The summed E-state index contributed by atoms with van der Waals surface area (Å²) in [5.41, 5.74) is 0.322. The third-order valence-corrected chi connectivity index (χ3v) is 5.15. The molecule has 3 rings (SSSR count). The van der Waals surface area contributed by atoms with Crippen LogP contribution in [0.4, 0.5) is 5.69 Å². The Hall–Kier alpha value is -3.19. The van der Waals surface area contributed by atoms with E-state index in [-0.39, 0.29) is 4.90 Å². The average Bonchev–Trinajstić information content (AvgIpc) is 2.69. The van der Waals surface area contributed by atoms with Gasteiger partial charge in [0.05, 0.1) is 24.8 Å². The van der Waals surface area contributed by atoms with E-state index in [1.165, 1.54) is 26.4 Å². The first-order chi connectivity index (χ1) is 13.0. The molecule has 0 atom stereocenters. The van der Waals surface area contributed by atoms with Crippen molar-refractivity contribution in [3.63, 3.8) is 0 Å². The van der Waals surface area contributed by atoms with Gasteiger partial charge in [-0.25, -0.2) is 8.42 Å². The topological polar surface area (TPSA) is 73.9 Å². The maximum Gasteiger partial charge on any atom is 0.262 e. The van der Waals surface area contributed by atoms with Crippen molar-refractivity contribution in [1.82, 2.24) is 0 Å². The van der Waals surface area contributed by atoms with Crippen molar-refractivity contribution in [3.8, 4) is 23.0 Å². The number of hydrogen-bond donors (Lipinski definition) is 1. The highest BCUT2D eigenvalue weighted by Gasteiger charge is 2.17. The van der Waals surface area contributed by atoms with E-state index < -0.39 is 10.0 Å². The Bertz CT molecular complexity index is 1000. The Morgan fingerprint density at radius 3 is 2.00 bits per heavy atom. The van der Waals surface area contributed by atoms with E-state index in [9.17, 15) is 8.42 Å². The van der Waals surface area contributed by atoms with Gasteiger partial charge in [0.1, 0.15) is 23.0 Å². The summed E-state index contributed by atoms with van der Waals surface area (Å²) in [7, 11) is -0.795. The molecule has 0 aliphatic carbocycles. The average molecular weight is 385 g/mol. The van der Waals surface area contributed by atoms with Crippen LogP contribution < -0.4 is 18.9 Å². The number of sulfonamides is 1. The molecule has 0 fully saturated rings. The van der Waals surface area contributed by atoms with Crippen molar-refractivity contribution < 1.29 is 22.6 Å². The molecule has 0 spiro atoms. The minimum atomic E-state index is -3.78. The zero-order valence-electron chi connectivity index (χ0n) is 14.9. The van der Waals surface area contributed by atoms with Gasteiger partial charge in [-0.3, -0.25) is 4.72 Å².